The Balaban J connectivity index is 1.50. The van der Waals surface area contributed by atoms with Gasteiger partial charge in [0.1, 0.15) is 0 Å². The van der Waals surface area contributed by atoms with Crippen LogP contribution in [0.2, 0.25) is 0 Å². The lowest BCUT2D eigenvalue weighted by Crippen LogP contribution is -2.35. The summed E-state index contributed by atoms with van der Waals surface area (Å²) in [6, 6.07) is 5.50. The lowest BCUT2D eigenvalue weighted by atomic mass is 10.0. The minimum atomic E-state index is -3.00. The van der Waals surface area contributed by atoms with E-state index in [0.717, 1.165) is 19.3 Å². The van der Waals surface area contributed by atoms with Gasteiger partial charge in [0.25, 0.3) is 0 Å². The van der Waals surface area contributed by atoms with E-state index < -0.39 is 9.84 Å². The lowest BCUT2D eigenvalue weighted by molar-refractivity contribution is -0.121. The van der Waals surface area contributed by atoms with E-state index in [1.165, 1.54) is 11.1 Å². The average Bonchev–Trinajstić information content (AvgIpc) is 3.10. The molecule has 0 radical (unpaired) electrons. The van der Waals surface area contributed by atoms with Crippen molar-refractivity contribution in [2.45, 2.75) is 44.6 Å². The van der Waals surface area contributed by atoms with Gasteiger partial charge >= 0.3 is 0 Å². The smallest absolute Gasteiger partial charge is 0.220 e. The zero-order chi connectivity index (χ0) is 16.4. The highest BCUT2D eigenvalue weighted by molar-refractivity contribution is 7.91. The average molecular weight is 335 g/mol. The van der Waals surface area contributed by atoms with E-state index in [2.05, 4.69) is 5.32 Å². The quantitative estimate of drug-likeness (QED) is 0.826. The number of rotatable bonds is 5. The molecule has 0 unspecified atom stereocenters. The van der Waals surface area contributed by atoms with E-state index in [-0.39, 0.29) is 42.1 Å². The van der Waals surface area contributed by atoms with Crippen molar-refractivity contribution in [2.75, 3.05) is 11.5 Å². The van der Waals surface area contributed by atoms with Crippen molar-refractivity contribution < 1.29 is 18.0 Å². The molecule has 0 spiro atoms. The molecule has 1 heterocycles. The summed E-state index contributed by atoms with van der Waals surface area (Å²) in [7, 11) is -3.00. The van der Waals surface area contributed by atoms with Gasteiger partial charge in [0.2, 0.25) is 5.91 Å². The Labute approximate surface area is 136 Å². The third-order valence-corrected chi connectivity index (χ3v) is 6.37. The number of fused-ring (bicyclic) bond motifs is 1. The standard InChI is InChI=1S/C17H21NO4S/c19-16(14-5-4-12-2-1-3-13(12)10-14)6-7-17(20)18-15-8-9-23(21,22)11-15/h4-5,10,15H,1-3,6-9,11H2,(H,18,20)/t15-/m0/s1. The number of aryl methyl sites for hydroxylation is 2. The van der Waals surface area contributed by atoms with Crippen LogP contribution in [-0.2, 0) is 27.5 Å². The molecule has 1 fully saturated rings. The topological polar surface area (TPSA) is 80.3 Å². The second-order valence-corrected chi connectivity index (χ2v) is 8.66. The van der Waals surface area contributed by atoms with Gasteiger partial charge in [-0.3, -0.25) is 9.59 Å². The number of carbonyl (C=O) groups excluding carboxylic acids is 2. The molecule has 124 valence electrons. The van der Waals surface area contributed by atoms with Crippen molar-refractivity contribution in [3.8, 4) is 0 Å². The molecule has 0 bridgehead atoms. The molecule has 2 aliphatic rings. The van der Waals surface area contributed by atoms with Crippen molar-refractivity contribution in [1.29, 1.82) is 0 Å². The van der Waals surface area contributed by atoms with Crippen LogP contribution in [0.4, 0.5) is 0 Å². The van der Waals surface area contributed by atoms with E-state index >= 15 is 0 Å². The monoisotopic (exact) mass is 335 g/mol. The minimum Gasteiger partial charge on any atom is -0.352 e. The fourth-order valence-corrected chi connectivity index (χ4v) is 5.00. The second kappa shape index (κ2) is 6.43. The lowest BCUT2D eigenvalue weighted by Gasteiger charge is -2.10. The zero-order valence-corrected chi connectivity index (χ0v) is 13.8. The zero-order valence-electron chi connectivity index (χ0n) is 13.0. The molecule has 6 heteroatoms. The van der Waals surface area contributed by atoms with Gasteiger partial charge in [0.05, 0.1) is 11.5 Å². The largest absolute Gasteiger partial charge is 0.352 e. The third kappa shape index (κ3) is 3.99. The first-order valence-corrected chi connectivity index (χ1v) is 9.90. The summed E-state index contributed by atoms with van der Waals surface area (Å²) in [5.74, 6) is -0.140. The fourth-order valence-electron chi connectivity index (χ4n) is 3.33. The van der Waals surface area contributed by atoms with Crippen LogP contribution in [0.5, 0.6) is 0 Å². The van der Waals surface area contributed by atoms with Gasteiger partial charge in [-0.05, 0) is 42.9 Å². The predicted molar refractivity (Wildman–Crippen MR) is 87.2 cm³/mol. The summed E-state index contributed by atoms with van der Waals surface area (Å²) in [5.41, 5.74) is 3.24. The molecular formula is C17H21NO4S. The van der Waals surface area contributed by atoms with Crippen LogP contribution < -0.4 is 5.32 Å². The second-order valence-electron chi connectivity index (χ2n) is 6.43. The summed E-state index contributed by atoms with van der Waals surface area (Å²) < 4.78 is 22.7. The number of hydrogen-bond acceptors (Lipinski definition) is 4. The maximum Gasteiger partial charge on any atom is 0.220 e. The summed E-state index contributed by atoms with van der Waals surface area (Å²) in [5, 5.41) is 2.71. The van der Waals surface area contributed by atoms with Crippen molar-refractivity contribution in [3.63, 3.8) is 0 Å². The van der Waals surface area contributed by atoms with Crippen LogP contribution in [0, 0.1) is 0 Å². The molecule has 1 N–H and O–H groups in total. The Morgan fingerprint density at radius 1 is 1.13 bits per heavy atom. The Kier molecular flexibility index (Phi) is 4.53. The molecule has 1 aromatic rings. The van der Waals surface area contributed by atoms with Crippen molar-refractivity contribution in [2.24, 2.45) is 0 Å². The molecule has 1 aliphatic heterocycles. The Hall–Kier alpha value is -1.69. The first kappa shape index (κ1) is 16.2. The molecule has 1 aliphatic carbocycles. The van der Waals surface area contributed by atoms with Crippen molar-refractivity contribution in [3.05, 3.63) is 34.9 Å². The first-order chi connectivity index (χ1) is 10.9. The molecule has 1 saturated heterocycles. The number of sulfone groups is 1. The van der Waals surface area contributed by atoms with Crippen molar-refractivity contribution >= 4 is 21.5 Å². The Morgan fingerprint density at radius 3 is 2.65 bits per heavy atom. The molecule has 1 atom stereocenters. The normalized spacial score (nSPS) is 21.8. The van der Waals surface area contributed by atoms with Gasteiger partial charge in [-0.1, -0.05) is 12.1 Å². The Morgan fingerprint density at radius 2 is 1.91 bits per heavy atom. The van der Waals surface area contributed by atoms with Crippen LogP contribution in [0.1, 0.15) is 47.2 Å². The fraction of sp³-hybridized carbons (Fsp3) is 0.529. The molecule has 1 aromatic carbocycles. The molecule has 0 aromatic heterocycles. The van der Waals surface area contributed by atoms with Crippen LogP contribution >= 0.6 is 0 Å². The van der Waals surface area contributed by atoms with E-state index in [1.807, 2.05) is 18.2 Å². The summed E-state index contributed by atoms with van der Waals surface area (Å²) in [6.07, 6.45) is 3.96. The molecular weight excluding hydrogens is 314 g/mol. The van der Waals surface area contributed by atoms with Gasteiger partial charge < -0.3 is 5.32 Å². The number of carbonyl (C=O) groups is 2. The molecule has 3 rings (SSSR count). The maximum absolute atomic E-state index is 12.2. The number of Topliss-reactive ketones (excluding diaryl/α,β-unsaturated/α-hetero) is 1. The number of benzene rings is 1. The van der Waals surface area contributed by atoms with Gasteiger partial charge in [-0.25, -0.2) is 8.42 Å². The third-order valence-electron chi connectivity index (χ3n) is 4.60. The highest BCUT2D eigenvalue weighted by Crippen LogP contribution is 2.23. The number of amides is 1. The molecule has 1 amide bonds. The SMILES string of the molecule is O=C(CCC(=O)c1ccc2c(c1)CCC2)N[C@H]1CCS(=O)(=O)C1. The van der Waals surface area contributed by atoms with Crippen LogP contribution in [-0.4, -0.2) is 37.7 Å². The van der Waals surface area contributed by atoms with E-state index in [4.69, 9.17) is 0 Å². The van der Waals surface area contributed by atoms with E-state index in [9.17, 15) is 18.0 Å². The van der Waals surface area contributed by atoms with Crippen LogP contribution in [0.15, 0.2) is 18.2 Å². The van der Waals surface area contributed by atoms with Gasteiger partial charge in [0.15, 0.2) is 15.6 Å². The molecule has 23 heavy (non-hydrogen) atoms. The first-order valence-electron chi connectivity index (χ1n) is 8.08. The summed E-state index contributed by atoms with van der Waals surface area (Å²) >= 11 is 0. The van der Waals surface area contributed by atoms with E-state index in [1.54, 1.807) is 0 Å². The summed E-state index contributed by atoms with van der Waals surface area (Å²) in [4.78, 5) is 24.1. The van der Waals surface area contributed by atoms with Crippen molar-refractivity contribution in [1.82, 2.24) is 5.32 Å². The van der Waals surface area contributed by atoms with Gasteiger partial charge in [-0.2, -0.15) is 0 Å². The molecule has 0 saturated carbocycles. The minimum absolute atomic E-state index is 0.0114. The number of hydrogen-bond donors (Lipinski definition) is 1. The predicted octanol–water partition coefficient (Wildman–Crippen LogP) is 1.44. The van der Waals surface area contributed by atoms with Gasteiger partial charge in [-0.15, -0.1) is 0 Å². The number of nitrogens with one attached hydrogen (secondary N) is 1. The number of ketones is 1. The van der Waals surface area contributed by atoms with Gasteiger partial charge in [0, 0.05) is 24.4 Å². The van der Waals surface area contributed by atoms with Crippen LogP contribution in [0.3, 0.4) is 0 Å². The highest BCUT2D eigenvalue weighted by Gasteiger charge is 2.28. The Bertz CT molecular complexity index is 739. The highest BCUT2D eigenvalue weighted by atomic mass is 32.2. The maximum atomic E-state index is 12.2. The molecule has 5 nitrogen and oxygen atoms in total. The van der Waals surface area contributed by atoms with Crippen LogP contribution in [0.25, 0.3) is 0 Å². The van der Waals surface area contributed by atoms with E-state index in [0.29, 0.717) is 12.0 Å². The summed E-state index contributed by atoms with van der Waals surface area (Å²) in [6.45, 7) is 0.